The molecule has 2 heterocycles. The van der Waals surface area contributed by atoms with Gasteiger partial charge in [0.1, 0.15) is 11.3 Å². The van der Waals surface area contributed by atoms with E-state index in [1.165, 1.54) is 5.57 Å². The van der Waals surface area contributed by atoms with Gasteiger partial charge in [-0.05, 0) is 43.3 Å². The zero-order chi connectivity index (χ0) is 11.8. The van der Waals surface area contributed by atoms with Crippen molar-refractivity contribution in [3.63, 3.8) is 0 Å². The predicted octanol–water partition coefficient (Wildman–Crippen LogP) is 3.91. The monoisotopic (exact) mass is 291 g/mol. The second-order valence-electron chi connectivity index (χ2n) is 4.53. The van der Waals surface area contributed by atoms with E-state index >= 15 is 0 Å². The maximum Gasteiger partial charge on any atom is 0.134 e. The molecule has 0 radical (unpaired) electrons. The van der Waals surface area contributed by atoms with Crippen LogP contribution in [0.5, 0.6) is 0 Å². The highest BCUT2D eigenvalue weighted by Gasteiger charge is 2.13. The summed E-state index contributed by atoms with van der Waals surface area (Å²) in [7, 11) is 2.14. The van der Waals surface area contributed by atoms with Gasteiger partial charge in [-0.2, -0.15) is 0 Å². The van der Waals surface area contributed by atoms with Crippen LogP contribution in [0, 0.1) is 0 Å². The summed E-state index contributed by atoms with van der Waals surface area (Å²) in [5.41, 5.74) is 2.29. The molecule has 0 saturated carbocycles. The van der Waals surface area contributed by atoms with E-state index in [2.05, 4.69) is 46.1 Å². The third-order valence-corrected chi connectivity index (χ3v) is 3.70. The van der Waals surface area contributed by atoms with Gasteiger partial charge in [-0.1, -0.05) is 22.0 Å². The van der Waals surface area contributed by atoms with Crippen LogP contribution in [0.1, 0.15) is 12.2 Å². The van der Waals surface area contributed by atoms with Crippen molar-refractivity contribution in [2.45, 2.75) is 6.42 Å². The summed E-state index contributed by atoms with van der Waals surface area (Å²) in [6.45, 7) is 2.11. The van der Waals surface area contributed by atoms with Crippen LogP contribution < -0.4 is 0 Å². The van der Waals surface area contributed by atoms with Crippen molar-refractivity contribution in [3.8, 4) is 0 Å². The van der Waals surface area contributed by atoms with Gasteiger partial charge in [-0.3, -0.25) is 0 Å². The number of rotatable bonds is 1. The molecule has 0 saturated heterocycles. The number of likely N-dealkylation sites (N-methyl/N-ethyl adjacent to an activating group) is 1. The van der Waals surface area contributed by atoms with Gasteiger partial charge in [0.2, 0.25) is 0 Å². The Morgan fingerprint density at radius 1 is 1.29 bits per heavy atom. The van der Waals surface area contributed by atoms with Crippen molar-refractivity contribution in [1.29, 1.82) is 0 Å². The maximum atomic E-state index is 5.89. The highest BCUT2D eigenvalue weighted by molar-refractivity contribution is 9.10. The molecule has 0 atom stereocenters. The third kappa shape index (κ3) is 2.17. The zero-order valence-corrected chi connectivity index (χ0v) is 11.3. The first kappa shape index (κ1) is 11.1. The van der Waals surface area contributed by atoms with E-state index in [-0.39, 0.29) is 0 Å². The summed E-state index contributed by atoms with van der Waals surface area (Å²) < 4.78 is 6.98. The van der Waals surface area contributed by atoms with Crippen molar-refractivity contribution < 1.29 is 4.42 Å². The number of fused-ring (bicyclic) bond motifs is 1. The lowest BCUT2D eigenvalue weighted by atomic mass is 10.1. The molecule has 88 valence electrons. The molecule has 2 aromatic rings. The van der Waals surface area contributed by atoms with Crippen LogP contribution in [0.4, 0.5) is 0 Å². The largest absolute Gasteiger partial charge is 0.456 e. The van der Waals surface area contributed by atoms with Crippen molar-refractivity contribution >= 4 is 32.5 Å². The molecule has 2 nitrogen and oxygen atoms in total. The highest BCUT2D eigenvalue weighted by Crippen LogP contribution is 2.29. The molecule has 3 heteroatoms. The lowest BCUT2D eigenvalue weighted by Crippen LogP contribution is -2.23. The lowest BCUT2D eigenvalue weighted by Gasteiger charge is -2.20. The van der Waals surface area contributed by atoms with Crippen molar-refractivity contribution in [2.24, 2.45) is 0 Å². The van der Waals surface area contributed by atoms with Crippen LogP contribution in [-0.2, 0) is 0 Å². The second kappa shape index (κ2) is 4.31. The Labute approximate surface area is 109 Å². The standard InChI is InChI=1S/C14H14BrNO/c1-16-6-4-10(5-7-16)14-9-11-8-12(15)2-3-13(11)17-14/h2-4,8-9H,5-7H2,1H3. The van der Waals surface area contributed by atoms with Crippen LogP contribution >= 0.6 is 15.9 Å². The molecule has 1 aromatic carbocycles. The molecule has 0 N–H and O–H groups in total. The smallest absolute Gasteiger partial charge is 0.134 e. The minimum Gasteiger partial charge on any atom is -0.456 e. The number of benzene rings is 1. The zero-order valence-electron chi connectivity index (χ0n) is 9.74. The summed E-state index contributed by atoms with van der Waals surface area (Å²) in [5.74, 6) is 1.02. The number of furan rings is 1. The Morgan fingerprint density at radius 3 is 2.94 bits per heavy atom. The highest BCUT2D eigenvalue weighted by atomic mass is 79.9. The van der Waals surface area contributed by atoms with Crippen molar-refractivity contribution in [1.82, 2.24) is 4.90 Å². The third-order valence-electron chi connectivity index (χ3n) is 3.21. The van der Waals surface area contributed by atoms with E-state index in [9.17, 15) is 0 Å². The molecule has 0 fully saturated rings. The molecule has 17 heavy (non-hydrogen) atoms. The Morgan fingerprint density at radius 2 is 2.18 bits per heavy atom. The van der Waals surface area contributed by atoms with Crippen molar-refractivity contribution in [3.05, 3.63) is 40.6 Å². The fourth-order valence-electron chi connectivity index (χ4n) is 2.17. The Hall–Kier alpha value is -1.06. The number of nitrogens with zero attached hydrogens (tertiary/aromatic N) is 1. The second-order valence-corrected chi connectivity index (χ2v) is 5.45. The van der Waals surface area contributed by atoms with Gasteiger partial charge in [0, 0.05) is 22.9 Å². The molecule has 0 amide bonds. The summed E-state index contributed by atoms with van der Waals surface area (Å²) >= 11 is 3.48. The molecule has 0 bridgehead atoms. The van der Waals surface area contributed by atoms with E-state index < -0.39 is 0 Å². The minimum absolute atomic E-state index is 0.961. The first-order valence-corrected chi connectivity index (χ1v) is 6.59. The molecule has 1 aliphatic rings. The first-order valence-electron chi connectivity index (χ1n) is 5.79. The summed E-state index contributed by atoms with van der Waals surface area (Å²) in [6, 6.07) is 8.26. The number of halogens is 1. The number of hydrogen-bond acceptors (Lipinski definition) is 2. The van der Waals surface area contributed by atoms with E-state index in [1.807, 2.05) is 12.1 Å². The molecule has 0 aliphatic carbocycles. The van der Waals surface area contributed by atoms with Crippen LogP contribution in [0.3, 0.4) is 0 Å². The van der Waals surface area contributed by atoms with E-state index in [4.69, 9.17) is 4.42 Å². The number of hydrogen-bond donors (Lipinski definition) is 0. The van der Waals surface area contributed by atoms with Gasteiger partial charge in [0.25, 0.3) is 0 Å². The Kier molecular flexibility index (Phi) is 2.81. The molecule has 0 unspecified atom stereocenters. The Balaban J connectivity index is 2.01. The summed E-state index contributed by atoms with van der Waals surface area (Å²) in [5, 5.41) is 1.16. The van der Waals surface area contributed by atoms with E-state index in [0.717, 1.165) is 40.7 Å². The van der Waals surface area contributed by atoms with Gasteiger partial charge in [0.15, 0.2) is 0 Å². The molecule has 1 aliphatic heterocycles. The van der Waals surface area contributed by atoms with Gasteiger partial charge >= 0.3 is 0 Å². The first-order chi connectivity index (χ1) is 8.22. The SMILES string of the molecule is CN1CC=C(c2cc3cc(Br)ccc3o2)CC1. The van der Waals surface area contributed by atoms with Crippen LogP contribution in [0.25, 0.3) is 16.5 Å². The van der Waals surface area contributed by atoms with Crippen LogP contribution in [0.2, 0.25) is 0 Å². The van der Waals surface area contributed by atoms with E-state index in [1.54, 1.807) is 0 Å². The van der Waals surface area contributed by atoms with Crippen LogP contribution in [0.15, 0.2) is 39.2 Å². The summed E-state index contributed by atoms with van der Waals surface area (Å²) in [6.07, 6.45) is 3.33. The van der Waals surface area contributed by atoms with Gasteiger partial charge in [-0.15, -0.1) is 0 Å². The fraction of sp³-hybridized carbons (Fsp3) is 0.286. The average molecular weight is 292 g/mol. The Bertz CT molecular complexity index is 585. The normalized spacial score (nSPS) is 17.4. The minimum atomic E-state index is 0.961. The summed E-state index contributed by atoms with van der Waals surface area (Å²) in [4.78, 5) is 2.31. The lowest BCUT2D eigenvalue weighted by molar-refractivity contribution is 0.368. The molecular weight excluding hydrogens is 278 g/mol. The predicted molar refractivity (Wildman–Crippen MR) is 74.0 cm³/mol. The molecule has 0 spiro atoms. The molecule has 3 rings (SSSR count). The maximum absolute atomic E-state index is 5.89. The van der Waals surface area contributed by atoms with Gasteiger partial charge in [-0.25, -0.2) is 0 Å². The molecule has 1 aromatic heterocycles. The topological polar surface area (TPSA) is 16.4 Å². The molecular formula is C14H14BrNO. The van der Waals surface area contributed by atoms with Crippen molar-refractivity contribution in [2.75, 3.05) is 20.1 Å². The average Bonchev–Trinajstić information content (AvgIpc) is 2.72. The van der Waals surface area contributed by atoms with Gasteiger partial charge in [0.05, 0.1) is 0 Å². The fourth-order valence-corrected chi connectivity index (χ4v) is 2.55. The van der Waals surface area contributed by atoms with E-state index in [0.29, 0.717) is 0 Å². The van der Waals surface area contributed by atoms with Crippen LogP contribution in [-0.4, -0.2) is 25.0 Å². The quantitative estimate of drug-likeness (QED) is 0.792. The van der Waals surface area contributed by atoms with Gasteiger partial charge < -0.3 is 9.32 Å².